The summed E-state index contributed by atoms with van der Waals surface area (Å²) in [6, 6.07) is 8.55. The van der Waals surface area contributed by atoms with Gasteiger partial charge < -0.3 is 4.42 Å². The van der Waals surface area contributed by atoms with Crippen LogP contribution >= 0.6 is 0 Å². The average Bonchev–Trinajstić information content (AvgIpc) is 3.10. The molecule has 2 N–H and O–H groups in total. The normalized spacial score (nSPS) is 10.3. The fourth-order valence-corrected chi connectivity index (χ4v) is 1.50. The lowest BCUT2D eigenvalue weighted by Crippen LogP contribution is -2.14. The van der Waals surface area contributed by atoms with Crippen LogP contribution in [-0.2, 0) is 0 Å². The van der Waals surface area contributed by atoms with Crippen molar-refractivity contribution in [1.29, 1.82) is 0 Å². The first-order chi connectivity index (χ1) is 9.33. The molecule has 1 amide bonds. The summed E-state index contributed by atoms with van der Waals surface area (Å²) >= 11 is 0. The van der Waals surface area contributed by atoms with E-state index in [-0.39, 0.29) is 11.9 Å². The zero-order valence-electron chi connectivity index (χ0n) is 9.70. The van der Waals surface area contributed by atoms with Gasteiger partial charge in [-0.1, -0.05) is 6.07 Å². The Balaban J connectivity index is 1.76. The number of H-pyrrole nitrogens is 1. The van der Waals surface area contributed by atoms with Gasteiger partial charge in [-0.2, -0.15) is 4.98 Å². The Bertz CT molecular complexity index is 675. The van der Waals surface area contributed by atoms with Gasteiger partial charge in [0.05, 0.1) is 6.26 Å². The lowest BCUT2D eigenvalue weighted by Gasteiger charge is -1.98. The quantitative estimate of drug-likeness (QED) is 0.742. The van der Waals surface area contributed by atoms with E-state index in [1.165, 1.54) is 6.26 Å². The van der Waals surface area contributed by atoms with Crippen LogP contribution in [0.2, 0.25) is 0 Å². The van der Waals surface area contributed by atoms with Crippen molar-refractivity contribution in [3.8, 4) is 11.6 Å². The first-order valence-corrected chi connectivity index (χ1v) is 5.51. The number of aromatic nitrogens is 4. The Labute approximate surface area is 107 Å². The highest BCUT2D eigenvalue weighted by Crippen LogP contribution is 2.15. The fourth-order valence-electron chi connectivity index (χ4n) is 1.50. The summed E-state index contributed by atoms with van der Waals surface area (Å²) < 4.78 is 5.16. The van der Waals surface area contributed by atoms with Crippen LogP contribution in [0.25, 0.3) is 11.6 Å². The SMILES string of the molecule is O=C(Nc1n[nH]c(-c2ccco2)n1)c1ccccn1. The molecule has 94 valence electrons. The maximum absolute atomic E-state index is 11.8. The number of nitrogens with zero attached hydrogens (tertiary/aromatic N) is 3. The number of carbonyl (C=O) groups excluding carboxylic acids is 1. The zero-order valence-corrected chi connectivity index (χ0v) is 9.70. The van der Waals surface area contributed by atoms with Gasteiger partial charge in [0.15, 0.2) is 11.6 Å². The molecule has 0 aliphatic carbocycles. The number of aromatic amines is 1. The van der Waals surface area contributed by atoms with Crippen molar-refractivity contribution in [2.45, 2.75) is 0 Å². The standard InChI is InChI=1S/C12H9N5O2/c18-11(8-4-1-2-6-13-8)15-12-14-10(16-17-12)9-5-3-7-19-9/h1-7H,(H2,14,15,16,17,18). The molecule has 0 unspecified atom stereocenters. The minimum atomic E-state index is -0.370. The molecule has 7 heteroatoms. The monoisotopic (exact) mass is 255 g/mol. The molecule has 0 fully saturated rings. The highest BCUT2D eigenvalue weighted by Gasteiger charge is 2.12. The Morgan fingerprint density at radius 3 is 2.95 bits per heavy atom. The second kappa shape index (κ2) is 4.73. The third-order valence-electron chi connectivity index (χ3n) is 2.36. The lowest BCUT2D eigenvalue weighted by molar-refractivity contribution is 0.102. The molecule has 0 atom stereocenters. The summed E-state index contributed by atoms with van der Waals surface area (Å²) in [5.74, 6) is 0.791. The molecule has 19 heavy (non-hydrogen) atoms. The van der Waals surface area contributed by atoms with E-state index < -0.39 is 0 Å². The van der Waals surface area contributed by atoms with Gasteiger partial charge in [0.1, 0.15) is 5.69 Å². The number of nitrogens with one attached hydrogen (secondary N) is 2. The van der Waals surface area contributed by atoms with Gasteiger partial charge in [0, 0.05) is 6.20 Å². The molecule has 0 bridgehead atoms. The van der Waals surface area contributed by atoms with Gasteiger partial charge in [0.2, 0.25) is 5.95 Å². The first kappa shape index (κ1) is 11.1. The van der Waals surface area contributed by atoms with Crippen molar-refractivity contribution < 1.29 is 9.21 Å². The molecule has 0 aromatic carbocycles. The molecular formula is C12H9N5O2. The van der Waals surface area contributed by atoms with E-state index in [2.05, 4.69) is 25.5 Å². The van der Waals surface area contributed by atoms with Gasteiger partial charge >= 0.3 is 0 Å². The minimum Gasteiger partial charge on any atom is -0.461 e. The van der Waals surface area contributed by atoms with E-state index >= 15 is 0 Å². The van der Waals surface area contributed by atoms with E-state index in [1.54, 1.807) is 36.5 Å². The molecule has 0 saturated heterocycles. The average molecular weight is 255 g/mol. The number of carbonyl (C=O) groups is 1. The summed E-state index contributed by atoms with van der Waals surface area (Å²) in [7, 11) is 0. The van der Waals surface area contributed by atoms with E-state index in [0.29, 0.717) is 17.3 Å². The number of amides is 1. The molecule has 0 radical (unpaired) electrons. The predicted molar refractivity (Wildman–Crippen MR) is 66.3 cm³/mol. The third kappa shape index (κ3) is 2.34. The molecule has 0 aliphatic rings. The second-order valence-corrected chi connectivity index (χ2v) is 3.65. The molecular weight excluding hydrogens is 246 g/mol. The molecule has 0 saturated carbocycles. The number of furan rings is 1. The summed E-state index contributed by atoms with van der Waals surface area (Å²) in [6.07, 6.45) is 3.07. The van der Waals surface area contributed by atoms with Gasteiger partial charge in [0.25, 0.3) is 5.91 Å². The third-order valence-corrected chi connectivity index (χ3v) is 2.36. The summed E-state index contributed by atoms with van der Waals surface area (Å²) in [5.41, 5.74) is 0.298. The highest BCUT2D eigenvalue weighted by atomic mass is 16.3. The van der Waals surface area contributed by atoms with Crippen molar-refractivity contribution in [1.82, 2.24) is 20.2 Å². The van der Waals surface area contributed by atoms with Crippen LogP contribution in [0, 0.1) is 0 Å². The van der Waals surface area contributed by atoms with Crippen LogP contribution in [-0.4, -0.2) is 26.1 Å². The Morgan fingerprint density at radius 1 is 1.26 bits per heavy atom. The number of rotatable bonds is 3. The van der Waals surface area contributed by atoms with Crippen LogP contribution in [0.5, 0.6) is 0 Å². The smallest absolute Gasteiger partial charge is 0.276 e. The van der Waals surface area contributed by atoms with Gasteiger partial charge in [-0.3, -0.25) is 20.2 Å². The van der Waals surface area contributed by atoms with Crippen LogP contribution in [0.1, 0.15) is 10.5 Å². The van der Waals surface area contributed by atoms with Crippen LogP contribution in [0.3, 0.4) is 0 Å². The Hall–Kier alpha value is -2.96. The Kier molecular flexibility index (Phi) is 2.77. The summed E-state index contributed by atoms with van der Waals surface area (Å²) in [6.45, 7) is 0. The topological polar surface area (TPSA) is 96.7 Å². The molecule has 3 heterocycles. The molecule has 3 aromatic rings. The largest absolute Gasteiger partial charge is 0.461 e. The molecule has 7 nitrogen and oxygen atoms in total. The Morgan fingerprint density at radius 2 is 2.21 bits per heavy atom. The zero-order chi connectivity index (χ0) is 13.1. The van der Waals surface area contributed by atoms with Gasteiger partial charge in [-0.25, -0.2) is 0 Å². The fraction of sp³-hybridized carbons (Fsp3) is 0. The van der Waals surface area contributed by atoms with Crippen LogP contribution in [0.15, 0.2) is 47.2 Å². The minimum absolute atomic E-state index is 0.169. The number of anilines is 1. The van der Waals surface area contributed by atoms with E-state index in [9.17, 15) is 4.79 Å². The highest BCUT2D eigenvalue weighted by molar-refractivity contribution is 6.01. The van der Waals surface area contributed by atoms with E-state index in [1.807, 2.05) is 0 Å². The predicted octanol–water partition coefficient (Wildman–Crippen LogP) is 1.71. The van der Waals surface area contributed by atoms with Crippen molar-refractivity contribution >= 4 is 11.9 Å². The number of hydrogen-bond donors (Lipinski definition) is 2. The van der Waals surface area contributed by atoms with Crippen molar-refractivity contribution in [3.63, 3.8) is 0 Å². The van der Waals surface area contributed by atoms with Crippen molar-refractivity contribution in [2.24, 2.45) is 0 Å². The maximum Gasteiger partial charge on any atom is 0.276 e. The number of pyridine rings is 1. The molecule has 3 rings (SSSR count). The van der Waals surface area contributed by atoms with Crippen molar-refractivity contribution in [2.75, 3.05) is 5.32 Å². The van der Waals surface area contributed by atoms with Gasteiger partial charge in [-0.05, 0) is 24.3 Å². The van der Waals surface area contributed by atoms with E-state index in [4.69, 9.17) is 4.42 Å². The maximum atomic E-state index is 11.8. The lowest BCUT2D eigenvalue weighted by atomic mass is 10.3. The molecule has 0 aliphatic heterocycles. The second-order valence-electron chi connectivity index (χ2n) is 3.65. The molecule has 3 aromatic heterocycles. The summed E-state index contributed by atoms with van der Waals surface area (Å²) in [4.78, 5) is 19.9. The van der Waals surface area contributed by atoms with E-state index in [0.717, 1.165) is 0 Å². The first-order valence-electron chi connectivity index (χ1n) is 5.51. The number of hydrogen-bond acceptors (Lipinski definition) is 5. The van der Waals surface area contributed by atoms with Gasteiger partial charge in [-0.15, -0.1) is 5.10 Å². The van der Waals surface area contributed by atoms with Crippen LogP contribution < -0.4 is 5.32 Å². The van der Waals surface area contributed by atoms with Crippen molar-refractivity contribution in [3.05, 3.63) is 48.5 Å². The van der Waals surface area contributed by atoms with Crippen LogP contribution in [0.4, 0.5) is 5.95 Å². The molecule has 0 spiro atoms. The summed E-state index contributed by atoms with van der Waals surface area (Å²) in [5, 5.41) is 9.10.